The molecule has 0 unspecified atom stereocenters. The maximum Gasteiger partial charge on any atom is 0.293 e. The predicted molar refractivity (Wildman–Crippen MR) is 117 cm³/mol. The summed E-state index contributed by atoms with van der Waals surface area (Å²) in [4.78, 5) is 25.9. The number of fused-ring (bicyclic) bond motifs is 1. The maximum atomic E-state index is 13.4. The van der Waals surface area contributed by atoms with Crippen LogP contribution in [0.25, 0.3) is 16.6 Å². The molecule has 0 saturated heterocycles. The van der Waals surface area contributed by atoms with Gasteiger partial charge in [-0.2, -0.15) is 10.2 Å². The van der Waals surface area contributed by atoms with Crippen LogP contribution in [0.1, 0.15) is 31.0 Å². The van der Waals surface area contributed by atoms with Gasteiger partial charge in [-0.1, -0.05) is 32.0 Å². The minimum absolute atomic E-state index is 0.000327. The van der Waals surface area contributed by atoms with E-state index in [1.54, 1.807) is 24.4 Å². The van der Waals surface area contributed by atoms with E-state index in [1.807, 2.05) is 39.0 Å². The molecular weight excluding hydrogens is 397 g/mol. The minimum Gasteiger partial charge on any atom is -0.324 e. The van der Waals surface area contributed by atoms with Crippen LogP contribution >= 0.6 is 0 Å². The average molecular weight is 419 g/mol. The lowest BCUT2D eigenvalue weighted by molar-refractivity contribution is -0.117. The first-order valence-electron chi connectivity index (χ1n) is 9.95. The molecule has 8 heteroatoms. The Hall–Kier alpha value is -3.81. The largest absolute Gasteiger partial charge is 0.324 e. The predicted octanol–water partition coefficient (Wildman–Crippen LogP) is 3.79. The molecule has 0 fully saturated rings. The Kier molecular flexibility index (Phi) is 5.37. The van der Waals surface area contributed by atoms with Gasteiger partial charge in [0.15, 0.2) is 0 Å². The van der Waals surface area contributed by atoms with Crippen molar-refractivity contribution in [2.45, 2.75) is 33.2 Å². The first kappa shape index (κ1) is 20.5. The zero-order valence-electron chi connectivity index (χ0n) is 17.5. The Bertz CT molecular complexity index is 1320. The number of amides is 1. The van der Waals surface area contributed by atoms with E-state index in [9.17, 15) is 14.0 Å². The number of rotatable bonds is 5. The molecule has 1 amide bonds. The Morgan fingerprint density at radius 1 is 1.13 bits per heavy atom. The van der Waals surface area contributed by atoms with Gasteiger partial charge in [-0.25, -0.2) is 13.8 Å². The molecule has 0 aliphatic carbocycles. The summed E-state index contributed by atoms with van der Waals surface area (Å²) in [6.07, 6.45) is 1.58. The van der Waals surface area contributed by atoms with Crippen molar-refractivity contribution in [3.8, 4) is 5.69 Å². The number of halogens is 1. The second-order valence-corrected chi connectivity index (χ2v) is 7.66. The SMILES string of the molecule is Cc1ccccc1NC(=O)Cn1nc(C(C)C)c2cnn(-c3ccc(F)cc3)c2c1=O. The van der Waals surface area contributed by atoms with Crippen molar-refractivity contribution in [3.63, 3.8) is 0 Å². The van der Waals surface area contributed by atoms with Crippen molar-refractivity contribution >= 4 is 22.5 Å². The van der Waals surface area contributed by atoms with Gasteiger partial charge in [0, 0.05) is 11.1 Å². The molecule has 158 valence electrons. The third-order valence-electron chi connectivity index (χ3n) is 5.04. The van der Waals surface area contributed by atoms with Gasteiger partial charge in [-0.05, 0) is 48.7 Å². The zero-order chi connectivity index (χ0) is 22.1. The summed E-state index contributed by atoms with van der Waals surface area (Å²) in [7, 11) is 0. The van der Waals surface area contributed by atoms with E-state index in [-0.39, 0.29) is 24.2 Å². The van der Waals surface area contributed by atoms with Crippen LogP contribution in [-0.4, -0.2) is 25.5 Å². The number of nitrogens with zero attached hydrogens (tertiary/aromatic N) is 4. The van der Waals surface area contributed by atoms with Crippen LogP contribution < -0.4 is 10.9 Å². The molecule has 0 spiro atoms. The molecule has 0 aliphatic rings. The van der Waals surface area contributed by atoms with Crippen molar-refractivity contribution in [2.75, 3.05) is 5.32 Å². The lowest BCUT2D eigenvalue weighted by Crippen LogP contribution is -2.31. The van der Waals surface area contributed by atoms with Gasteiger partial charge >= 0.3 is 0 Å². The summed E-state index contributed by atoms with van der Waals surface area (Å²) in [5.41, 5.74) is 2.66. The molecule has 2 aromatic heterocycles. The highest BCUT2D eigenvalue weighted by molar-refractivity contribution is 5.91. The summed E-state index contributed by atoms with van der Waals surface area (Å²) >= 11 is 0. The Balaban J connectivity index is 1.78. The van der Waals surface area contributed by atoms with E-state index >= 15 is 0 Å². The number of benzene rings is 2. The quantitative estimate of drug-likeness (QED) is 0.534. The van der Waals surface area contributed by atoms with Gasteiger partial charge in [0.25, 0.3) is 5.56 Å². The fourth-order valence-corrected chi connectivity index (χ4v) is 3.44. The molecule has 0 radical (unpaired) electrons. The van der Waals surface area contributed by atoms with Gasteiger partial charge < -0.3 is 5.32 Å². The van der Waals surface area contributed by atoms with Crippen molar-refractivity contribution in [2.24, 2.45) is 0 Å². The van der Waals surface area contributed by atoms with Gasteiger partial charge in [0.1, 0.15) is 17.9 Å². The summed E-state index contributed by atoms with van der Waals surface area (Å²) in [5.74, 6) is -0.736. The van der Waals surface area contributed by atoms with E-state index < -0.39 is 5.56 Å². The molecule has 0 aliphatic heterocycles. The second kappa shape index (κ2) is 8.14. The number of hydrogen-bond acceptors (Lipinski definition) is 4. The number of hydrogen-bond donors (Lipinski definition) is 1. The van der Waals surface area contributed by atoms with Crippen molar-refractivity contribution in [3.05, 3.63) is 82.2 Å². The van der Waals surface area contributed by atoms with Crippen LogP contribution in [0, 0.1) is 12.7 Å². The third-order valence-corrected chi connectivity index (χ3v) is 5.04. The molecule has 0 bridgehead atoms. The average Bonchev–Trinajstić information content (AvgIpc) is 3.17. The molecule has 4 rings (SSSR count). The molecule has 0 atom stereocenters. The molecule has 7 nitrogen and oxygen atoms in total. The van der Waals surface area contributed by atoms with Crippen LogP contribution in [0.3, 0.4) is 0 Å². The standard InChI is InChI=1S/C23H22FN5O2/c1-14(2)21-18-12-25-29(17-10-8-16(24)9-11-17)22(18)23(31)28(27-21)13-20(30)26-19-7-5-4-6-15(19)3/h4-12,14H,13H2,1-3H3,(H,26,30). The van der Waals surface area contributed by atoms with Gasteiger partial charge in [-0.3, -0.25) is 9.59 Å². The fourth-order valence-electron chi connectivity index (χ4n) is 3.44. The monoisotopic (exact) mass is 419 g/mol. The Labute approximate surface area is 178 Å². The van der Waals surface area contributed by atoms with Gasteiger partial charge in [0.05, 0.1) is 17.6 Å². The second-order valence-electron chi connectivity index (χ2n) is 7.66. The van der Waals surface area contributed by atoms with Gasteiger partial charge in [-0.15, -0.1) is 0 Å². The first-order valence-corrected chi connectivity index (χ1v) is 9.95. The normalized spacial score (nSPS) is 11.3. The first-order chi connectivity index (χ1) is 14.8. The molecule has 2 aromatic carbocycles. The number of nitrogens with one attached hydrogen (secondary N) is 1. The third kappa shape index (κ3) is 3.96. The van der Waals surface area contributed by atoms with Crippen molar-refractivity contribution in [1.82, 2.24) is 19.6 Å². The van der Waals surface area contributed by atoms with Crippen LogP contribution in [0.4, 0.5) is 10.1 Å². The van der Waals surface area contributed by atoms with Crippen molar-refractivity contribution < 1.29 is 9.18 Å². The topological polar surface area (TPSA) is 81.8 Å². The number of aryl methyl sites for hydroxylation is 1. The smallest absolute Gasteiger partial charge is 0.293 e. The van der Waals surface area contributed by atoms with E-state index in [2.05, 4.69) is 15.5 Å². The molecule has 0 saturated carbocycles. The maximum absolute atomic E-state index is 13.4. The minimum atomic E-state index is -0.443. The van der Waals surface area contributed by atoms with Crippen LogP contribution in [0.15, 0.2) is 59.5 Å². The molecular formula is C23H22FN5O2. The fraction of sp³-hybridized carbons (Fsp3) is 0.217. The highest BCUT2D eigenvalue weighted by atomic mass is 19.1. The number of para-hydroxylation sites is 1. The summed E-state index contributed by atoms with van der Waals surface area (Å²) < 4.78 is 16.0. The summed E-state index contributed by atoms with van der Waals surface area (Å²) in [5, 5.41) is 12.2. The number of carbonyl (C=O) groups is 1. The molecule has 4 aromatic rings. The molecule has 2 heterocycles. The van der Waals surface area contributed by atoms with Crippen LogP contribution in [-0.2, 0) is 11.3 Å². The van der Waals surface area contributed by atoms with Crippen LogP contribution in [0.2, 0.25) is 0 Å². The zero-order valence-corrected chi connectivity index (χ0v) is 17.5. The van der Waals surface area contributed by atoms with Crippen LogP contribution in [0.5, 0.6) is 0 Å². The number of anilines is 1. The highest BCUT2D eigenvalue weighted by Crippen LogP contribution is 2.23. The Morgan fingerprint density at radius 3 is 2.52 bits per heavy atom. The van der Waals surface area contributed by atoms with E-state index in [0.29, 0.717) is 28.0 Å². The lowest BCUT2D eigenvalue weighted by atomic mass is 10.1. The number of carbonyl (C=O) groups excluding carboxylic acids is 1. The van der Waals surface area contributed by atoms with E-state index in [0.717, 1.165) is 10.2 Å². The van der Waals surface area contributed by atoms with E-state index in [4.69, 9.17) is 0 Å². The van der Waals surface area contributed by atoms with Crippen molar-refractivity contribution in [1.29, 1.82) is 0 Å². The molecule has 31 heavy (non-hydrogen) atoms. The van der Waals surface area contributed by atoms with E-state index in [1.165, 1.54) is 16.8 Å². The lowest BCUT2D eigenvalue weighted by Gasteiger charge is -2.13. The summed E-state index contributed by atoms with van der Waals surface area (Å²) in [6.45, 7) is 5.57. The number of aromatic nitrogens is 4. The Morgan fingerprint density at radius 2 is 1.84 bits per heavy atom. The highest BCUT2D eigenvalue weighted by Gasteiger charge is 2.20. The summed E-state index contributed by atoms with van der Waals surface area (Å²) in [6, 6.07) is 13.1. The van der Waals surface area contributed by atoms with Gasteiger partial charge in [0.2, 0.25) is 5.91 Å². The molecule has 1 N–H and O–H groups in total.